The molecule has 33 heavy (non-hydrogen) atoms. The van der Waals surface area contributed by atoms with E-state index in [0.29, 0.717) is 27.7 Å². The van der Waals surface area contributed by atoms with Crippen molar-refractivity contribution >= 4 is 63.2 Å². The van der Waals surface area contributed by atoms with Crippen molar-refractivity contribution in [1.29, 1.82) is 0 Å². The number of fused-ring (bicyclic) bond motifs is 1. The van der Waals surface area contributed by atoms with Crippen LogP contribution in [0, 0.1) is 0 Å². The molecular formula is C25H18Cl4N2O2. The van der Waals surface area contributed by atoms with Gasteiger partial charge in [0.15, 0.2) is 0 Å². The van der Waals surface area contributed by atoms with Gasteiger partial charge < -0.3 is 10.4 Å². The van der Waals surface area contributed by atoms with Crippen LogP contribution in [0.1, 0.15) is 15.9 Å². The van der Waals surface area contributed by atoms with Crippen LogP contribution >= 0.6 is 46.4 Å². The molecule has 0 saturated carbocycles. The fourth-order valence-electron chi connectivity index (χ4n) is 3.60. The Morgan fingerprint density at radius 1 is 0.879 bits per heavy atom. The third-order valence-electron chi connectivity index (χ3n) is 5.20. The normalized spacial score (nSPS) is 12.0. The molecule has 0 unspecified atom stereocenters. The zero-order chi connectivity index (χ0) is 23.5. The summed E-state index contributed by atoms with van der Waals surface area (Å²) in [4.78, 5) is 17.4. The van der Waals surface area contributed by atoms with E-state index < -0.39 is 11.9 Å². The topological polar surface area (TPSA) is 62.2 Å². The molecule has 4 nitrogen and oxygen atoms in total. The van der Waals surface area contributed by atoms with Gasteiger partial charge in [-0.25, -0.2) is 4.98 Å². The third-order valence-corrected chi connectivity index (χ3v) is 6.46. The molecule has 0 aliphatic heterocycles. The number of benzene rings is 3. The van der Waals surface area contributed by atoms with Crippen LogP contribution < -0.4 is 5.32 Å². The van der Waals surface area contributed by atoms with Crippen molar-refractivity contribution in [3.8, 4) is 11.3 Å². The number of carbonyl (C=O) groups is 1. The molecule has 1 atom stereocenters. The lowest BCUT2D eigenvalue weighted by Gasteiger charge is -2.18. The number of aliphatic hydroxyl groups is 1. The van der Waals surface area contributed by atoms with E-state index in [2.05, 4.69) is 5.32 Å². The summed E-state index contributed by atoms with van der Waals surface area (Å²) in [6, 6.07) is 19.2. The predicted octanol–water partition coefficient (Wildman–Crippen LogP) is 6.85. The van der Waals surface area contributed by atoms with Gasteiger partial charge in [0, 0.05) is 10.9 Å². The molecule has 0 aliphatic carbocycles. The molecule has 0 radical (unpaired) electrons. The molecule has 0 spiro atoms. The minimum Gasteiger partial charge on any atom is -0.394 e. The van der Waals surface area contributed by atoms with E-state index in [9.17, 15) is 9.90 Å². The Bertz CT molecular complexity index is 1300. The number of nitrogens with one attached hydrogen (secondary N) is 1. The first-order valence-corrected chi connectivity index (χ1v) is 11.6. The summed E-state index contributed by atoms with van der Waals surface area (Å²) < 4.78 is 0. The van der Waals surface area contributed by atoms with Gasteiger partial charge in [0.25, 0.3) is 5.91 Å². The summed E-state index contributed by atoms with van der Waals surface area (Å²) in [5, 5.41) is 15.1. The molecule has 2 N–H and O–H groups in total. The number of aliphatic hydroxyl groups excluding tert-OH is 1. The van der Waals surface area contributed by atoms with Crippen molar-refractivity contribution in [1.82, 2.24) is 10.3 Å². The van der Waals surface area contributed by atoms with Crippen molar-refractivity contribution in [2.45, 2.75) is 12.5 Å². The third kappa shape index (κ3) is 5.26. The number of nitrogens with zero attached hydrogens (tertiary/aromatic N) is 1. The van der Waals surface area contributed by atoms with Crippen molar-refractivity contribution in [3.05, 3.63) is 97.9 Å². The van der Waals surface area contributed by atoms with Crippen LogP contribution in [0.5, 0.6) is 0 Å². The number of hydrogen-bond donors (Lipinski definition) is 2. The molecule has 0 aliphatic rings. The van der Waals surface area contributed by atoms with Crippen LogP contribution in [0.25, 0.3) is 22.2 Å². The Labute approximate surface area is 211 Å². The molecule has 0 bridgehead atoms. The van der Waals surface area contributed by atoms with Crippen LogP contribution in [-0.2, 0) is 6.42 Å². The van der Waals surface area contributed by atoms with Gasteiger partial charge in [0.05, 0.1) is 49.5 Å². The average molecular weight is 520 g/mol. The smallest absolute Gasteiger partial charge is 0.254 e. The number of rotatable bonds is 6. The Morgan fingerprint density at radius 2 is 1.52 bits per heavy atom. The first kappa shape index (κ1) is 23.8. The molecule has 4 aromatic rings. The molecule has 0 fully saturated rings. The van der Waals surface area contributed by atoms with Crippen molar-refractivity contribution in [3.63, 3.8) is 0 Å². The molecule has 1 heterocycles. The van der Waals surface area contributed by atoms with Gasteiger partial charge in [-0.2, -0.15) is 0 Å². The van der Waals surface area contributed by atoms with E-state index in [1.807, 2.05) is 30.3 Å². The molecule has 168 valence electrons. The fraction of sp³-hybridized carbons (Fsp3) is 0.120. The minimum atomic E-state index is -0.517. The Kier molecular flexibility index (Phi) is 7.42. The highest BCUT2D eigenvalue weighted by molar-refractivity contribution is 6.40. The number of aromatic nitrogens is 1. The average Bonchev–Trinajstić information content (AvgIpc) is 2.78. The van der Waals surface area contributed by atoms with Crippen LogP contribution in [0.2, 0.25) is 20.1 Å². The molecule has 0 saturated heterocycles. The Balaban J connectivity index is 1.55. The van der Waals surface area contributed by atoms with Crippen LogP contribution in [-0.4, -0.2) is 28.6 Å². The highest BCUT2D eigenvalue weighted by atomic mass is 35.5. The maximum absolute atomic E-state index is 12.7. The number of carbonyl (C=O) groups excluding carboxylic acids is 1. The Morgan fingerprint density at radius 3 is 2.15 bits per heavy atom. The molecular weight excluding hydrogens is 502 g/mol. The number of amides is 1. The molecule has 3 aromatic carbocycles. The summed E-state index contributed by atoms with van der Waals surface area (Å²) in [6.07, 6.45) is 0.415. The minimum absolute atomic E-state index is 0.188. The second kappa shape index (κ2) is 10.3. The van der Waals surface area contributed by atoms with Crippen molar-refractivity contribution in [2.75, 3.05) is 6.61 Å². The largest absolute Gasteiger partial charge is 0.394 e. The van der Waals surface area contributed by atoms with Crippen molar-refractivity contribution < 1.29 is 9.90 Å². The van der Waals surface area contributed by atoms with Gasteiger partial charge in [-0.05, 0) is 54.4 Å². The quantitative estimate of drug-likeness (QED) is 0.293. The lowest BCUT2D eigenvalue weighted by atomic mass is 10.0. The first-order chi connectivity index (χ1) is 15.9. The summed E-state index contributed by atoms with van der Waals surface area (Å²) in [5.41, 5.74) is 3.26. The maximum Gasteiger partial charge on any atom is 0.254 e. The van der Waals surface area contributed by atoms with Gasteiger partial charge in [-0.1, -0.05) is 70.7 Å². The van der Waals surface area contributed by atoms with E-state index in [4.69, 9.17) is 51.4 Å². The zero-order valence-corrected chi connectivity index (χ0v) is 20.2. The van der Waals surface area contributed by atoms with E-state index >= 15 is 0 Å². The molecule has 1 amide bonds. The number of hydrogen-bond acceptors (Lipinski definition) is 3. The van der Waals surface area contributed by atoms with E-state index in [0.717, 1.165) is 16.5 Å². The lowest BCUT2D eigenvalue weighted by molar-refractivity contribution is 0.0917. The molecule has 8 heteroatoms. The van der Waals surface area contributed by atoms with Crippen LogP contribution in [0.15, 0.2) is 66.7 Å². The van der Waals surface area contributed by atoms with E-state index in [-0.39, 0.29) is 22.2 Å². The van der Waals surface area contributed by atoms with Crippen molar-refractivity contribution in [2.24, 2.45) is 0 Å². The summed E-state index contributed by atoms with van der Waals surface area (Å²) >= 11 is 24.9. The van der Waals surface area contributed by atoms with E-state index in [1.165, 1.54) is 0 Å². The van der Waals surface area contributed by atoms with Gasteiger partial charge in [0.2, 0.25) is 0 Å². The van der Waals surface area contributed by atoms with Crippen LogP contribution in [0.4, 0.5) is 0 Å². The summed E-state index contributed by atoms with van der Waals surface area (Å²) in [5.74, 6) is -0.437. The lowest BCUT2D eigenvalue weighted by Crippen LogP contribution is -2.39. The monoisotopic (exact) mass is 518 g/mol. The molecule has 4 rings (SSSR count). The fourth-order valence-corrected chi connectivity index (χ4v) is 4.76. The van der Waals surface area contributed by atoms with Gasteiger partial charge in [-0.3, -0.25) is 4.79 Å². The second-order valence-corrected chi connectivity index (χ2v) is 9.10. The van der Waals surface area contributed by atoms with Gasteiger partial charge in [-0.15, -0.1) is 0 Å². The molecule has 1 aromatic heterocycles. The summed E-state index contributed by atoms with van der Waals surface area (Å²) in [7, 11) is 0. The zero-order valence-electron chi connectivity index (χ0n) is 17.2. The number of halogens is 4. The SMILES string of the molecule is O=C(N[C@H](CO)Cc1ccc2nc(-c3c(Cl)cccc3Cl)ccc2c1)c1c(Cl)cccc1Cl. The standard InChI is InChI=1S/C25H18Cl4N2O2/c26-17-3-1-4-18(27)23(17)22-10-8-15-11-14(7-9-21(15)31-22)12-16(13-32)30-25(33)24-19(28)5-2-6-20(24)29/h1-11,16,32H,12-13H2,(H,30,33)/t16-/m0/s1. The van der Waals surface area contributed by atoms with Crippen LogP contribution in [0.3, 0.4) is 0 Å². The van der Waals surface area contributed by atoms with E-state index in [1.54, 1.807) is 36.4 Å². The number of pyridine rings is 1. The second-order valence-electron chi connectivity index (χ2n) is 7.47. The maximum atomic E-state index is 12.7. The summed E-state index contributed by atoms with van der Waals surface area (Å²) in [6.45, 7) is -0.242. The Hall–Kier alpha value is -2.34. The van der Waals surface area contributed by atoms with Gasteiger partial charge >= 0.3 is 0 Å². The van der Waals surface area contributed by atoms with Gasteiger partial charge in [0.1, 0.15) is 0 Å². The highest BCUT2D eigenvalue weighted by Crippen LogP contribution is 2.34. The predicted molar refractivity (Wildman–Crippen MR) is 136 cm³/mol. The highest BCUT2D eigenvalue weighted by Gasteiger charge is 2.19. The first-order valence-electron chi connectivity index (χ1n) is 10.1.